The van der Waals surface area contributed by atoms with Crippen molar-refractivity contribution < 1.29 is 10.2 Å². The van der Waals surface area contributed by atoms with Gasteiger partial charge in [0, 0.05) is 5.92 Å². The van der Waals surface area contributed by atoms with Crippen molar-refractivity contribution in [2.45, 2.75) is 45.3 Å². The van der Waals surface area contributed by atoms with Crippen molar-refractivity contribution in [2.75, 3.05) is 0 Å². The summed E-state index contributed by atoms with van der Waals surface area (Å²) in [5.41, 5.74) is -0.0135. The van der Waals surface area contributed by atoms with Crippen molar-refractivity contribution >= 4 is 6.21 Å². The SMILES string of the molecule is CCC1(C)CC(O)C(O)CC1C=N. The summed E-state index contributed by atoms with van der Waals surface area (Å²) < 4.78 is 0. The largest absolute Gasteiger partial charge is 0.390 e. The predicted molar refractivity (Wildman–Crippen MR) is 51.9 cm³/mol. The molecule has 3 nitrogen and oxygen atoms in total. The van der Waals surface area contributed by atoms with E-state index in [9.17, 15) is 10.2 Å². The lowest BCUT2D eigenvalue weighted by Gasteiger charge is -2.43. The molecule has 0 aliphatic heterocycles. The topological polar surface area (TPSA) is 64.3 Å². The molecule has 0 spiro atoms. The van der Waals surface area contributed by atoms with Crippen molar-refractivity contribution in [1.82, 2.24) is 0 Å². The number of aliphatic hydroxyl groups excluding tert-OH is 2. The molecule has 0 aromatic heterocycles. The highest BCUT2D eigenvalue weighted by molar-refractivity contribution is 5.58. The van der Waals surface area contributed by atoms with Crippen LogP contribution < -0.4 is 0 Å². The first-order valence-electron chi connectivity index (χ1n) is 4.90. The molecule has 0 bridgehead atoms. The Hall–Kier alpha value is -0.410. The van der Waals surface area contributed by atoms with Crippen molar-refractivity contribution in [3.8, 4) is 0 Å². The summed E-state index contributed by atoms with van der Waals surface area (Å²) in [4.78, 5) is 0. The van der Waals surface area contributed by atoms with Gasteiger partial charge in [-0.15, -0.1) is 0 Å². The zero-order valence-corrected chi connectivity index (χ0v) is 8.33. The van der Waals surface area contributed by atoms with Crippen LogP contribution in [0.4, 0.5) is 0 Å². The van der Waals surface area contributed by atoms with Gasteiger partial charge in [0.15, 0.2) is 0 Å². The Morgan fingerprint density at radius 1 is 1.46 bits per heavy atom. The number of hydrogen-bond donors (Lipinski definition) is 3. The molecule has 1 aliphatic carbocycles. The van der Waals surface area contributed by atoms with Crippen LogP contribution in [0.5, 0.6) is 0 Å². The average Bonchev–Trinajstić information content (AvgIpc) is 2.11. The minimum absolute atomic E-state index is 0.0135. The van der Waals surface area contributed by atoms with Crippen molar-refractivity contribution in [1.29, 1.82) is 5.41 Å². The van der Waals surface area contributed by atoms with Crippen LogP contribution >= 0.6 is 0 Å². The summed E-state index contributed by atoms with van der Waals surface area (Å²) >= 11 is 0. The molecular weight excluding hydrogens is 166 g/mol. The molecule has 0 saturated heterocycles. The molecule has 1 aliphatic rings. The molecule has 1 rings (SSSR count). The van der Waals surface area contributed by atoms with E-state index in [0.717, 1.165) is 6.42 Å². The summed E-state index contributed by atoms with van der Waals surface area (Å²) in [6.07, 6.45) is 2.22. The van der Waals surface area contributed by atoms with Crippen molar-refractivity contribution in [3.63, 3.8) is 0 Å². The van der Waals surface area contributed by atoms with Gasteiger partial charge in [-0.1, -0.05) is 20.3 Å². The normalized spacial score (nSPS) is 46.0. The predicted octanol–water partition coefficient (Wildman–Crippen LogP) is 1.18. The monoisotopic (exact) mass is 185 g/mol. The molecule has 0 aromatic rings. The first-order valence-corrected chi connectivity index (χ1v) is 4.90. The third-order valence-electron chi connectivity index (χ3n) is 3.52. The molecule has 0 amide bonds. The van der Waals surface area contributed by atoms with Crippen molar-refractivity contribution in [3.05, 3.63) is 0 Å². The van der Waals surface area contributed by atoms with Crippen LogP contribution in [0.15, 0.2) is 0 Å². The van der Waals surface area contributed by atoms with E-state index in [0.29, 0.717) is 12.8 Å². The van der Waals surface area contributed by atoms with E-state index >= 15 is 0 Å². The Kier molecular flexibility index (Phi) is 3.09. The molecule has 1 fully saturated rings. The van der Waals surface area contributed by atoms with Crippen LogP contribution in [0.1, 0.15) is 33.1 Å². The van der Waals surface area contributed by atoms with Gasteiger partial charge in [0.25, 0.3) is 0 Å². The van der Waals surface area contributed by atoms with Crippen LogP contribution in [0.2, 0.25) is 0 Å². The molecule has 3 N–H and O–H groups in total. The highest BCUT2D eigenvalue weighted by Crippen LogP contribution is 2.42. The summed E-state index contributed by atoms with van der Waals surface area (Å²) in [5.74, 6) is 0.107. The third-order valence-corrected chi connectivity index (χ3v) is 3.52. The number of hydrogen-bond acceptors (Lipinski definition) is 3. The van der Waals surface area contributed by atoms with Crippen LogP contribution in [0.25, 0.3) is 0 Å². The molecule has 1 saturated carbocycles. The van der Waals surface area contributed by atoms with Gasteiger partial charge in [0.2, 0.25) is 0 Å². The molecule has 0 heterocycles. The first kappa shape index (κ1) is 10.7. The summed E-state index contributed by atoms with van der Waals surface area (Å²) in [7, 11) is 0. The Bertz CT molecular complexity index is 195. The van der Waals surface area contributed by atoms with E-state index in [1.54, 1.807) is 0 Å². The van der Waals surface area contributed by atoms with Gasteiger partial charge in [-0.3, -0.25) is 0 Å². The summed E-state index contributed by atoms with van der Waals surface area (Å²) in [6, 6.07) is 0. The fourth-order valence-electron chi connectivity index (χ4n) is 2.14. The van der Waals surface area contributed by atoms with E-state index in [2.05, 4.69) is 13.8 Å². The van der Waals surface area contributed by atoms with Crippen LogP contribution in [0, 0.1) is 16.7 Å². The van der Waals surface area contributed by atoms with Gasteiger partial charge < -0.3 is 15.6 Å². The molecule has 0 aromatic carbocycles. The molecule has 13 heavy (non-hydrogen) atoms. The number of aliphatic hydroxyl groups is 2. The Morgan fingerprint density at radius 3 is 2.54 bits per heavy atom. The molecule has 0 radical (unpaired) electrons. The van der Waals surface area contributed by atoms with Gasteiger partial charge in [0.1, 0.15) is 0 Å². The minimum Gasteiger partial charge on any atom is -0.390 e. The molecule has 4 unspecified atom stereocenters. The zero-order valence-electron chi connectivity index (χ0n) is 8.33. The van der Waals surface area contributed by atoms with Crippen LogP contribution in [-0.4, -0.2) is 28.6 Å². The Morgan fingerprint density at radius 2 is 2.08 bits per heavy atom. The Balaban J connectivity index is 2.77. The minimum atomic E-state index is -0.647. The number of nitrogens with one attached hydrogen (secondary N) is 1. The fourth-order valence-corrected chi connectivity index (χ4v) is 2.14. The van der Waals surface area contributed by atoms with Gasteiger partial charge in [-0.25, -0.2) is 0 Å². The lowest BCUT2D eigenvalue weighted by molar-refractivity contribution is -0.0639. The zero-order chi connectivity index (χ0) is 10.1. The smallest absolute Gasteiger partial charge is 0.0805 e. The van der Waals surface area contributed by atoms with Crippen LogP contribution in [-0.2, 0) is 0 Å². The second-order valence-corrected chi connectivity index (χ2v) is 4.36. The number of rotatable bonds is 2. The van der Waals surface area contributed by atoms with Gasteiger partial charge in [-0.05, 0) is 24.5 Å². The quantitative estimate of drug-likeness (QED) is 0.566. The molecule has 76 valence electrons. The Labute approximate surface area is 79.3 Å². The van der Waals surface area contributed by atoms with Crippen molar-refractivity contribution in [2.24, 2.45) is 11.3 Å². The highest BCUT2D eigenvalue weighted by atomic mass is 16.3. The maximum atomic E-state index is 9.53. The second kappa shape index (κ2) is 3.76. The maximum absolute atomic E-state index is 9.53. The summed E-state index contributed by atoms with van der Waals surface area (Å²) in [5, 5.41) is 26.3. The maximum Gasteiger partial charge on any atom is 0.0805 e. The third kappa shape index (κ3) is 1.92. The van der Waals surface area contributed by atoms with Gasteiger partial charge in [-0.2, -0.15) is 0 Å². The van der Waals surface area contributed by atoms with Gasteiger partial charge >= 0.3 is 0 Å². The molecule has 3 heteroatoms. The molecular formula is C10H19NO2. The van der Waals surface area contributed by atoms with Crippen LogP contribution in [0.3, 0.4) is 0 Å². The van der Waals surface area contributed by atoms with E-state index in [4.69, 9.17) is 5.41 Å². The van der Waals surface area contributed by atoms with E-state index < -0.39 is 12.2 Å². The van der Waals surface area contributed by atoms with E-state index in [1.807, 2.05) is 0 Å². The second-order valence-electron chi connectivity index (χ2n) is 4.36. The lowest BCUT2D eigenvalue weighted by atomic mass is 9.65. The average molecular weight is 185 g/mol. The summed E-state index contributed by atoms with van der Waals surface area (Å²) in [6.45, 7) is 4.15. The fraction of sp³-hybridized carbons (Fsp3) is 0.900. The highest BCUT2D eigenvalue weighted by Gasteiger charge is 2.41. The first-order chi connectivity index (χ1) is 6.03. The lowest BCUT2D eigenvalue weighted by Crippen LogP contribution is -2.45. The van der Waals surface area contributed by atoms with E-state index in [1.165, 1.54) is 6.21 Å². The van der Waals surface area contributed by atoms with Gasteiger partial charge in [0.05, 0.1) is 12.2 Å². The standard InChI is InChI=1S/C10H19NO2/c1-3-10(2)5-9(13)8(12)4-7(10)6-11/h6-9,11-13H,3-5H2,1-2H3. The van der Waals surface area contributed by atoms with E-state index in [-0.39, 0.29) is 11.3 Å². The molecule has 4 atom stereocenters.